The van der Waals surface area contributed by atoms with Gasteiger partial charge in [-0.15, -0.1) is 0 Å². The van der Waals surface area contributed by atoms with Crippen LogP contribution in [-0.4, -0.2) is 30.9 Å². The van der Waals surface area contributed by atoms with Gasteiger partial charge in [0, 0.05) is 35.9 Å². The number of anilines is 2. The van der Waals surface area contributed by atoms with Gasteiger partial charge in [-0.25, -0.2) is 0 Å². The molecule has 8 heteroatoms. The molecule has 4 rings (SSSR count). The molecule has 1 atom stereocenters. The lowest BCUT2D eigenvalue weighted by Gasteiger charge is -2.17. The van der Waals surface area contributed by atoms with E-state index in [0.717, 1.165) is 22.4 Å². The number of nitrogens with one attached hydrogen (secondary N) is 2. The van der Waals surface area contributed by atoms with Gasteiger partial charge in [0.1, 0.15) is 5.75 Å². The van der Waals surface area contributed by atoms with Gasteiger partial charge in [-0.05, 0) is 73.0 Å². The largest absolute Gasteiger partial charge is 0.484 e. The molecule has 36 heavy (non-hydrogen) atoms. The van der Waals surface area contributed by atoms with E-state index in [-0.39, 0.29) is 30.7 Å². The third-order valence-electron chi connectivity index (χ3n) is 6.06. The summed E-state index contributed by atoms with van der Waals surface area (Å²) in [4.78, 5) is 39.1. The quantitative estimate of drug-likeness (QED) is 0.466. The van der Waals surface area contributed by atoms with Gasteiger partial charge in [0.2, 0.25) is 11.8 Å². The van der Waals surface area contributed by atoms with E-state index < -0.39 is 5.92 Å². The average molecular weight is 506 g/mol. The van der Waals surface area contributed by atoms with Gasteiger partial charge in [0.05, 0.1) is 5.92 Å². The Hall–Kier alpha value is -3.84. The second-order valence-electron chi connectivity index (χ2n) is 8.90. The molecule has 1 aliphatic rings. The zero-order valence-corrected chi connectivity index (χ0v) is 21.0. The second-order valence-corrected chi connectivity index (χ2v) is 9.34. The smallest absolute Gasteiger partial charge is 0.262 e. The molecule has 2 N–H and O–H groups in total. The van der Waals surface area contributed by atoms with Crippen LogP contribution in [0.25, 0.3) is 0 Å². The Kier molecular flexibility index (Phi) is 7.90. The molecule has 0 aromatic heterocycles. The van der Waals surface area contributed by atoms with Crippen LogP contribution in [-0.2, 0) is 20.9 Å². The molecule has 0 spiro atoms. The molecule has 1 saturated heterocycles. The Labute approximate surface area is 215 Å². The Bertz CT molecular complexity index is 1260. The highest BCUT2D eigenvalue weighted by atomic mass is 35.5. The predicted molar refractivity (Wildman–Crippen MR) is 140 cm³/mol. The van der Waals surface area contributed by atoms with Crippen molar-refractivity contribution in [3.8, 4) is 5.75 Å². The molecule has 3 aromatic rings. The van der Waals surface area contributed by atoms with Crippen LogP contribution < -0.4 is 20.3 Å². The van der Waals surface area contributed by atoms with Gasteiger partial charge >= 0.3 is 0 Å². The maximum atomic E-state index is 12.6. The Balaban J connectivity index is 1.27. The van der Waals surface area contributed by atoms with Crippen molar-refractivity contribution < 1.29 is 19.1 Å². The lowest BCUT2D eigenvalue weighted by Crippen LogP contribution is -2.32. The number of aryl methyl sites for hydroxylation is 2. The van der Waals surface area contributed by atoms with E-state index >= 15 is 0 Å². The molecule has 0 radical (unpaired) electrons. The summed E-state index contributed by atoms with van der Waals surface area (Å²) in [7, 11) is 0. The molecule has 1 fully saturated rings. The van der Waals surface area contributed by atoms with Gasteiger partial charge < -0.3 is 20.3 Å². The third kappa shape index (κ3) is 6.43. The van der Waals surface area contributed by atoms with E-state index in [1.165, 1.54) is 0 Å². The molecule has 186 valence electrons. The molecular weight excluding hydrogens is 478 g/mol. The highest BCUT2D eigenvalue weighted by molar-refractivity contribution is 6.30. The first kappa shape index (κ1) is 25.3. The van der Waals surface area contributed by atoms with E-state index in [9.17, 15) is 14.4 Å². The Morgan fingerprint density at radius 1 is 1.03 bits per heavy atom. The number of rotatable bonds is 8. The van der Waals surface area contributed by atoms with Gasteiger partial charge in [0.15, 0.2) is 6.61 Å². The lowest BCUT2D eigenvalue weighted by molar-refractivity contribution is -0.126. The van der Waals surface area contributed by atoms with Gasteiger partial charge in [-0.1, -0.05) is 35.9 Å². The molecule has 7 nitrogen and oxygen atoms in total. The lowest BCUT2D eigenvalue weighted by atomic mass is 10.1. The molecule has 3 amide bonds. The van der Waals surface area contributed by atoms with Crippen LogP contribution in [0.2, 0.25) is 5.02 Å². The first-order valence-electron chi connectivity index (χ1n) is 11.7. The van der Waals surface area contributed by atoms with E-state index in [2.05, 4.69) is 10.6 Å². The van der Waals surface area contributed by atoms with Crippen molar-refractivity contribution in [3.05, 3.63) is 88.4 Å². The molecule has 0 aliphatic carbocycles. The van der Waals surface area contributed by atoms with Crippen molar-refractivity contribution >= 4 is 40.7 Å². The standard InChI is InChI=1S/C28H28ClN3O4/c1-18-3-4-19(2)25(13-18)31-26(33)17-36-24-11-9-23(10-12-24)32-16-21(14-27(32)34)28(35)30-15-20-5-7-22(29)8-6-20/h3-13,21H,14-17H2,1-2H3,(H,30,35)(H,31,33)/t21-/m1/s1. The van der Waals surface area contributed by atoms with Gasteiger partial charge in [-0.2, -0.15) is 0 Å². The fourth-order valence-corrected chi connectivity index (χ4v) is 4.12. The van der Waals surface area contributed by atoms with Gasteiger partial charge in [0.25, 0.3) is 5.91 Å². The van der Waals surface area contributed by atoms with Crippen molar-refractivity contribution in [1.82, 2.24) is 5.32 Å². The maximum Gasteiger partial charge on any atom is 0.262 e. The summed E-state index contributed by atoms with van der Waals surface area (Å²) in [5, 5.41) is 6.39. The highest BCUT2D eigenvalue weighted by Gasteiger charge is 2.35. The molecule has 3 aromatic carbocycles. The van der Waals surface area contributed by atoms with Crippen LogP contribution in [0.15, 0.2) is 66.7 Å². The molecule has 1 aliphatic heterocycles. The van der Waals surface area contributed by atoms with E-state index in [1.807, 2.05) is 44.2 Å². The van der Waals surface area contributed by atoms with Crippen LogP contribution in [0.1, 0.15) is 23.1 Å². The number of hydrogen-bond acceptors (Lipinski definition) is 4. The van der Waals surface area contributed by atoms with Crippen LogP contribution in [0.4, 0.5) is 11.4 Å². The predicted octanol–water partition coefficient (Wildman–Crippen LogP) is 4.64. The number of hydrogen-bond donors (Lipinski definition) is 2. The summed E-state index contributed by atoms with van der Waals surface area (Å²) in [6, 6.07) is 20.0. The van der Waals surface area contributed by atoms with Crippen molar-refractivity contribution in [1.29, 1.82) is 0 Å². The summed E-state index contributed by atoms with van der Waals surface area (Å²) in [5.41, 5.74) is 4.42. The third-order valence-corrected chi connectivity index (χ3v) is 6.31. The van der Waals surface area contributed by atoms with Crippen molar-refractivity contribution in [3.63, 3.8) is 0 Å². The molecule has 0 bridgehead atoms. The maximum absolute atomic E-state index is 12.6. The Morgan fingerprint density at radius 2 is 1.75 bits per heavy atom. The second kappa shape index (κ2) is 11.3. The number of ether oxygens (including phenoxy) is 1. The van der Waals surface area contributed by atoms with Crippen LogP contribution >= 0.6 is 11.6 Å². The zero-order chi connectivity index (χ0) is 25.7. The number of benzene rings is 3. The van der Waals surface area contributed by atoms with Crippen LogP contribution in [0, 0.1) is 19.8 Å². The Morgan fingerprint density at radius 3 is 2.47 bits per heavy atom. The van der Waals surface area contributed by atoms with Crippen molar-refractivity contribution in [2.45, 2.75) is 26.8 Å². The normalized spacial score (nSPS) is 15.0. The van der Waals surface area contributed by atoms with Crippen LogP contribution in [0.3, 0.4) is 0 Å². The minimum absolute atomic E-state index is 0.108. The topological polar surface area (TPSA) is 87.7 Å². The van der Waals surface area contributed by atoms with Crippen molar-refractivity contribution in [2.24, 2.45) is 5.92 Å². The van der Waals surface area contributed by atoms with E-state index in [0.29, 0.717) is 29.5 Å². The van der Waals surface area contributed by atoms with Crippen molar-refractivity contribution in [2.75, 3.05) is 23.4 Å². The number of carbonyl (C=O) groups excluding carboxylic acids is 3. The molecule has 0 unspecified atom stereocenters. The first-order chi connectivity index (χ1) is 17.3. The summed E-state index contributed by atoms with van der Waals surface area (Å²) in [5.74, 6) is -0.429. The number of carbonyl (C=O) groups is 3. The first-order valence-corrected chi connectivity index (χ1v) is 12.1. The highest BCUT2D eigenvalue weighted by Crippen LogP contribution is 2.27. The molecule has 1 heterocycles. The van der Waals surface area contributed by atoms with Crippen LogP contribution in [0.5, 0.6) is 5.75 Å². The SMILES string of the molecule is Cc1ccc(C)c(NC(=O)COc2ccc(N3C[C@H](C(=O)NCc4ccc(Cl)cc4)CC3=O)cc2)c1. The number of halogens is 1. The van der Waals surface area contributed by atoms with E-state index in [4.69, 9.17) is 16.3 Å². The summed E-state index contributed by atoms with van der Waals surface area (Å²) >= 11 is 5.89. The summed E-state index contributed by atoms with van der Waals surface area (Å²) in [6.45, 7) is 4.45. The number of amides is 3. The fraction of sp³-hybridized carbons (Fsp3) is 0.250. The summed E-state index contributed by atoms with van der Waals surface area (Å²) in [6.07, 6.45) is 0.156. The van der Waals surface area contributed by atoms with E-state index in [1.54, 1.807) is 41.3 Å². The molecule has 0 saturated carbocycles. The zero-order valence-electron chi connectivity index (χ0n) is 20.2. The molecular formula is C28H28ClN3O4. The minimum Gasteiger partial charge on any atom is -0.484 e. The minimum atomic E-state index is -0.422. The summed E-state index contributed by atoms with van der Waals surface area (Å²) < 4.78 is 5.61. The van der Waals surface area contributed by atoms with Gasteiger partial charge in [-0.3, -0.25) is 14.4 Å². The fourth-order valence-electron chi connectivity index (χ4n) is 4.00. The average Bonchev–Trinajstić information content (AvgIpc) is 3.26. The monoisotopic (exact) mass is 505 g/mol. The number of nitrogens with zero attached hydrogens (tertiary/aromatic N) is 1.